The zero-order chi connectivity index (χ0) is 20.5. The molecule has 0 spiro atoms. The molecular weight excluding hydrogens is 368 g/mol. The highest BCUT2D eigenvalue weighted by Crippen LogP contribution is 2.28. The number of rotatable bonds is 5. The Morgan fingerprint density at radius 2 is 2.18 bits per heavy atom. The van der Waals surface area contributed by atoms with Crippen LogP contribution in [0.15, 0.2) is 27.8 Å². The van der Waals surface area contributed by atoms with Crippen LogP contribution in [-0.4, -0.2) is 54.6 Å². The number of aromatic nitrogens is 1. The van der Waals surface area contributed by atoms with Gasteiger partial charge >= 0.3 is 11.8 Å². The Morgan fingerprint density at radius 3 is 2.82 bits per heavy atom. The maximum absolute atomic E-state index is 12.2. The number of ether oxygens (including phenoxy) is 1. The Hall–Kier alpha value is -3.01. The third-order valence-corrected chi connectivity index (χ3v) is 4.24. The highest BCUT2D eigenvalue weighted by molar-refractivity contribution is 5.96. The summed E-state index contributed by atoms with van der Waals surface area (Å²) in [5.74, 6) is -0.359. The van der Waals surface area contributed by atoms with Crippen LogP contribution < -0.4 is 15.9 Å². The minimum atomic E-state index is -0.859. The summed E-state index contributed by atoms with van der Waals surface area (Å²) < 4.78 is 12.8. The van der Waals surface area contributed by atoms with E-state index in [4.69, 9.17) is 19.1 Å². The number of carbonyl (C=O) groups excluding carboxylic acids is 2. The lowest BCUT2D eigenvalue weighted by atomic mass is 10.1. The van der Waals surface area contributed by atoms with Crippen molar-refractivity contribution >= 4 is 28.8 Å². The molecule has 2 aromatic rings. The normalized spacial score (nSPS) is 17.9. The fourth-order valence-corrected chi connectivity index (χ4v) is 3.00. The minimum Gasteiger partial charge on any atom is -0.434 e. The van der Waals surface area contributed by atoms with Crippen LogP contribution >= 0.6 is 0 Å². The average molecular weight is 392 g/mol. The Kier molecular flexibility index (Phi) is 5.32. The van der Waals surface area contributed by atoms with Crippen LogP contribution in [0, 0.1) is 0 Å². The highest BCUT2D eigenvalue weighted by atomic mass is 16.6. The van der Waals surface area contributed by atoms with E-state index in [1.807, 2.05) is 31.4 Å². The van der Waals surface area contributed by atoms with Crippen molar-refractivity contribution in [2.75, 3.05) is 31.7 Å². The number of aliphatic hydroxyl groups excluding tert-OH is 1. The van der Waals surface area contributed by atoms with E-state index in [2.05, 4.69) is 10.5 Å². The predicted molar refractivity (Wildman–Crippen MR) is 99.5 cm³/mol. The Morgan fingerprint density at radius 1 is 1.43 bits per heavy atom. The van der Waals surface area contributed by atoms with Crippen molar-refractivity contribution in [2.24, 2.45) is 5.16 Å². The van der Waals surface area contributed by atoms with Crippen LogP contribution in [0.3, 0.4) is 0 Å². The lowest BCUT2D eigenvalue weighted by Gasteiger charge is -2.21. The molecule has 2 N–H and O–H groups in total. The first-order valence-electron chi connectivity index (χ1n) is 8.89. The van der Waals surface area contributed by atoms with E-state index in [0.717, 1.165) is 5.52 Å². The average Bonchev–Trinajstić information content (AvgIpc) is 3.20. The van der Waals surface area contributed by atoms with Crippen molar-refractivity contribution in [1.82, 2.24) is 9.88 Å². The molecule has 10 heteroatoms. The molecule has 152 valence electrons. The molecule has 1 atom stereocenters. The molecule has 1 aliphatic heterocycles. The summed E-state index contributed by atoms with van der Waals surface area (Å²) in [6.45, 7) is 5.98. The number of nitrogens with zero attached hydrogens (tertiary/aromatic N) is 3. The molecule has 10 nitrogen and oxygen atoms in total. The molecular formula is C18H24N4O6. The van der Waals surface area contributed by atoms with E-state index in [9.17, 15) is 9.59 Å². The summed E-state index contributed by atoms with van der Waals surface area (Å²) >= 11 is 0. The summed E-state index contributed by atoms with van der Waals surface area (Å²) in [5, 5.41) is 15.3. The van der Waals surface area contributed by atoms with E-state index in [0.29, 0.717) is 11.3 Å². The Balaban J connectivity index is 2.01. The molecule has 1 fully saturated rings. The fourth-order valence-electron chi connectivity index (χ4n) is 3.00. The topological polar surface area (TPSA) is 119 Å². The number of anilines is 1. The number of benzene rings is 1. The van der Waals surface area contributed by atoms with Crippen molar-refractivity contribution in [3.8, 4) is 0 Å². The third-order valence-electron chi connectivity index (χ3n) is 4.24. The number of carbonyl (C=O) groups is 2. The largest absolute Gasteiger partial charge is 0.434 e. The van der Waals surface area contributed by atoms with Crippen molar-refractivity contribution in [2.45, 2.75) is 32.4 Å². The van der Waals surface area contributed by atoms with E-state index < -0.39 is 12.2 Å². The minimum absolute atomic E-state index is 0.0485. The van der Waals surface area contributed by atoms with Crippen LogP contribution in [0.1, 0.15) is 20.8 Å². The Labute approximate surface area is 161 Å². The summed E-state index contributed by atoms with van der Waals surface area (Å²) in [4.78, 5) is 30.4. The standard InChI is InChI=1S/C18H24N4O6/c1-18(2,3)22-12-6-5-11(9-13(12)27-16(22)20-26-8-7-23)21-10-14(15(24)19-4)28-17(21)25/h5-6,9,14,23H,7-8,10H2,1-4H3,(H,19,24)/t14-/m1/s1. The second-order valence-corrected chi connectivity index (χ2v) is 7.29. The number of aliphatic hydroxyl groups is 1. The molecule has 0 radical (unpaired) electrons. The van der Waals surface area contributed by atoms with E-state index in [1.165, 1.54) is 11.9 Å². The third kappa shape index (κ3) is 3.68. The van der Waals surface area contributed by atoms with Crippen LogP contribution in [-0.2, 0) is 19.9 Å². The summed E-state index contributed by atoms with van der Waals surface area (Å²) in [5.41, 5.74) is 1.68. The van der Waals surface area contributed by atoms with Crippen molar-refractivity contribution < 1.29 is 28.7 Å². The van der Waals surface area contributed by atoms with Crippen LogP contribution in [0.4, 0.5) is 10.5 Å². The monoisotopic (exact) mass is 392 g/mol. The van der Waals surface area contributed by atoms with Crippen molar-refractivity contribution in [3.63, 3.8) is 0 Å². The number of hydrogen-bond acceptors (Lipinski definition) is 7. The summed E-state index contributed by atoms with van der Waals surface area (Å²) in [6.07, 6.45) is -1.46. The number of nitrogens with one attached hydrogen (secondary N) is 1. The van der Waals surface area contributed by atoms with Gasteiger partial charge in [-0.3, -0.25) is 14.3 Å². The van der Waals surface area contributed by atoms with Crippen LogP contribution in [0.2, 0.25) is 0 Å². The van der Waals surface area contributed by atoms with Crippen molar-refractivity contribution in [1.29, 1.82) is 0 Å². The van der Waals surface area contributed by atoms with Gasteiger partial charge in [-0.05, 0) is 38.1 Å². The maximum atomic E-state index is 12.2. The number of fused-ring (bicyclic) bond motifs is 1. The zero-order valence-electron chi connectivity index (χ0n) is 16.3. The molecule has 2 amide bonds. The molecule has 0 bridgehead atoms. The van der Waals surface area contributed by atoms with Crippen LogP contribution in [0.25, 0.3) is 11.1 Å². The summed E-state index contributed by atoms with van der Waals surface area (Å²) in [7, 11) is 1.49. The number of oxazole rings is 1. The lowest BCUT2D eigenvalue weighted by Crippen LogP contribution is -2.35. The number of likely N-dealkylation sites (N-methyl/N-ethyl adjacent to an activating group) is 1. The highest BCUT2D eigenvalue weighted by Gasteiger charge is 2.36. The SMILES string of the molecule is CNC(=O)[C@H]1CN(c2ccc3c(c2)oc(=NOCCO)n3C(C)(C)C)C(=O)O1. The van der Waals surface area contributed by atoms with Gasteiger partial charge in [-0.1, -0.05) is 0 Å². The van der Waals surface area contributed by atoms with Gasteiger partial charge in [-0.2, -0.15) is 0 Å². The zero-order valence-corrected chi connectivity index (χ0v) is 16.3. The van der Waals surface area contributed by atoms with Crippen molar-refractivity contribution in [3.05, 3.63) is 23.9 Å². The second-order valence-electron chi connectivity index (χ2n) is 7.29. The second kappa shape index (κ2) is 7.55. The fraction of sp³-hybridized carbons (Fsp3) is 0.500. The molecule has 1 aromatic heterocycles. The molecule has 0 aliphatic carbocycles. The molecule has 3 rings (SSSR count). The van der Waals surface area contributed by atoms with E-state index >= 15 is 0 Å². The van der Waals surface area contributed by atoms with E-state index in [-0.39, 0.29) is 36.9 Å². The smallest absolute Gasteiger partial charge is 0.415 e. The van der Waals surface area contributed by atoms with Gasteiger partial charge in [0, 0.05) is 18.7 Å². The molecule has 1 saturated heterocycles. The van der Waals surface area contributed by atoms with Gasteiger partial charge in [0.2, 0.25) is 0 Å². The first-order valence-corrected chi connectivity index (χ1v) is 8.89. The van der Waals surface area contributed by atoms with Gasteiger partial charge in [0.1, 0.15) is 6.61 Å². The van der Waals surface area contributed by atoms with Gasteiger partial charge < -0.3 is 24.4 Å². The van der Waals surface area contributed by atoms with E-state index in [1.54, 1.807) is 12.1 Å². The first kappa shape index (κ1) is 19.7. The van der Waals surface area contributed by atoms with Gasteiger partial charge in [0.05, 0.1) is 24.4 Å². The number of cyclic esters (lactones) is 1. The summed E-state index contributed by atoms with van der Waals surface area (Å²) in [6, 6.07) is 5.26. The van der Waals surface area contributed by atoms with Gasteiger partial charge in [0.15, 0.2) is 11.7 Å². The number of amides is 2. The molecule has 2 heterocycles. The molecule has 1 aliphatic rings. The molecule has 28 heavy (non-hydrogen) atoms. The predicted octanol–water partition coefficient (Wildman–Crippen LogP) is 0.885. The lowest BCUT2D eigenvalue weighted by molar-refractivity contribution is -0.127. The van der Waals surface area contributed by atoms with Crippen LogP contribution in [0.5, 0.6) is 0 Å². The maximum Gasteiger partial charge on any atom is 0.415 e. The molecule has 0 unspecified atom stereocenters. The number of hydrogen-bond donors (Lipinski definition) is 2. The van der Waals surface area contributed by atoms with Gasteiger partial charge in [0.25, 0.3) is 5.91 Å². The Bertz CT molecular complexity index is 955. The first-order chi connectivity index (χ1) is 13.3. The molecule has 1 aromatic carbocycles. The molecule has 0 saturated carbocycles. The van der Waals surface area contributed by atoms with Gasteiger partial charge in [-0.25, -0.2) is 4.79 Å². The van der Waals surface area contributed by atoms with Gasteiger partial charge in [-0.15, -0.1) is 0 Å². The quantitative estimate of drug-likeness (QED) is 0.576.